The molecule has 9 aromatic rings. The predicted octanol–water partition coefficient (Wildman–Crippen LogP) is 10.7. The molecule has 0 spiro atoms. The Bertz CT molecular complexity index is 3030. The number of hydrogen-bond donors (Lipinski definition) is 1. The van der Waals surface area contributed by atoms with Gasteiger partial charge in [0.2, 0.25) is 0 Å². The van der Waals surface area contributed by atoms with Crippen LogP contribution in [0, 0.1) is 0 Å². The molecule has 0 bridgehead atoms. The highest BCUT2D eigenvalue weighted by Gasteiger charge is 2.25. The Balaban J connectivity index is 1.12. The zero-order chi connectivity index (χ0) is 37.8. The molecule has 8 aromatic carbocycles. The maximum atomic E-state index is 12.6. The van der Waals surface area contributed by atoms with Crippen molar-refractivity contribution >= 4 is 44.2 Å². The van der Waals surface area contributed by atoms with Gasteiger partial charge < -0.3 is 5.32 Å². The van der Waals surface area contributed by atoms with Crippen LogP contribution >= 0.6 is 0 Å². The lowest BCUT2D eigenvalue weighted by Crippen LogP contribution is -2.36. The fraction of sp³-hybridized carbons (Fsp3) is 0.0600. The molecule has 0 saturated heterocycles. The van der Waals surface area contributed by atoms with Crippen LogP contribution in [-0.2, 0) is 14.1 Å². The zero-order valence-electron chi connectivity index (χ0n) is 31.0. The number of nitrogens with one attached hydrogen (secondary N) is 1. The third-order valence-electron chi connectivity index (χ3n) is 11.1. The SMILES string of the molecule is Cn1c(=O)n(C)c2cc(-c3ccc(C4=NC(c5ccccc5-c5c6ccccc6c(-c6ccccc6)c6ccccc56)N=C(c5ccccc5)N4)cc3)ccc21. The van der Waals surface area contributed by atoms with Gasteiger partial charge in [-0.15, -0.1) is 0 Å². The highest BCUT2D eigenvalue weighted by atomic mass is 16.1. The minimum absolute atomic E-state index is 0.0357. The maximum absolute atomic E-state index is 12.6. The Morgan fingerprint density at radius 3 is 1.54 bits per heavy atom. The highest BCUT2D eigenvalue weighted by molar-refractivity contribution is 6.22. The first kappa shape index (κ1) is 33.3. The number of aromatic nitrogens is 2. The highest BCUT2D eigenvalue weighted by Crippen LogP contribution is 2.45. The number of nitrogens with zero attached hydrogens (tertiary/aromatic N) is 4. The van der Waals surface area contributed by atoms with E-state index >= 15 is 0 Å². The second-order valence-corrected chi connectivity index (χ2v) is 14.3. The molecule has 10 rings (SSSR count). The summed E-state index contributed by atoms with van der Waals surface area (Å²) in [5, 5.41) is 8.38. The van der Waals surface area contributed by atoms with Crippen molar-refractivity contribution in [1.29, 1.82) is 0 Å². The number of benzene rings is 8. The summed E-state index contributed by atoms with van der Waals surface area (Å²) >= 11 is 0. The Hall–Kier alpha value is -7.31. The molecule has 0 radical (unpaired) electrons. The molecule has 1 unspecified atom stereocenters. The van der Waals surface area contributed by atoms with Gasteiger partial charge in [-0.2, -0.15) is 0 Å². The fourth-order valence-electron chi connectivity index (χ4n) is 8.27. The monoisotopic (exact) mass is 723 g/mol. The third-order valence-corrected chi connectivity index (χ3v) is 11.1. The van der Waals surface area contributed by atoms with Crippen molar-refractivity contribution < 1.29 is 0 Å². The molecule has 268 valence electrons. The van der Waals surface area contributed by atoms with Gasteiger partial charge in [-0.25, -0.2) is 14.8 Å². The lowest BCUT2D eigenvalue weighted by Gasteiger charge is -2.25. The van der Waals surface area contributed by atoms with Gasteiger partial charge in [0, 0.05) is 30.8 Å². The van der Waals surface area contributed by atoms with Gasteiger partial charge in [-0.05, 0) is 67.1 Å². The molecule has 6 nitrogen and oxygen atoms in total. The molecule has 6 heteroatoms. The van der Waals surface area contributed by atoms with Gasteiger partial charge in [-0.1, -0.05) is 164 Å². The quantitative estimate of drug-likeness (QED) is 0.174. The molecular formula is C50H37N5O. The van der Waals surface area contributed by atoms with Gasteiger partial charge in [0.25, 0.3) is 0 Å². The van der Waals surface area contributed by atoms with Crippen LogP contribution in [0.1, 0.15) is 22.9 Å². The summed E-state index contributed by atoms with van der Waals surface area (Å²) in [7, 11) is 3.62. The topological polar surface area (TPSA) is 63.7 Å². The number of aryl methyl sites for hydroxylation is 2. The van der Waals surface area contributed by atoms with Crippen molar-refractivity contribution in [3.8, 4) is 33.4 Å². The Kier molecular flexibility index (Phi) is 8.03. The standard InChI is InChI=1S/C50H37N5O/c1-54-43-30-29-36(31-44(43)55(2)50(54)56)32-25-27-35(28-26-32)48-51-47(34-17-7-4-8-18-34)52-49(53-48)42-24-14-13-23-41(42)46-39-21-11-9-19-37(39)45(33-15-5-3-6-16-33)38-20-10-12-22-40(38)46/h3-31,49H,1-2H3,(H,51,52,53). The first-order chi connectivity index (χ1) is 27.5. The van der Waals surface area contributed by atoms with E-state index in [2.05, 4.69) is 157 Å². The maximum Gasteiger partial charge on any atom is 0.328 e. The molecule has 0 aliphatic carbocycles. The molecule has 0 saturated carbocycles. The van der Waals surface area contributed by atoms with E-state index < -0.39 is 6.17 Å². The molecule has 56 heavy (non-hydrogen) atoms. The number of imidazole rings is 1. The van der Waals surface area contributed by atoms with Crippen molar-refractivity contribution in [2.45, 2.75) is 6.17 Å². The normalized spacial score (nSPS) is 14.1. The van der Waals surface area contributed by atoms with E-state index in [4.69, 9.17) is 9.98 Å². The lowest BCUT2D eigenvalue weighted by molar-refractivity contribution is 0.758. The van der Waals surface area contributed by atoms with Gasteiger partial charge in [0.1, 0.15) is 11.7 Å². The van der Waals surface area contributed by atoms with Crippen molar-refractivity contribution in [2.75, 3.05) is 0 Å². The molecule has 1 N–H and O–H groups in total. The minimum atomic E-state index is -0.509. The number of amidine groups is 2. The molecule has 1 atom stereocenters. The van der Waals surface area contributed by atoms with Gasteiger partial charge in [0.05, 0.1) is 11.0 Å². The third kappa shape index (κ3) is 5.54. The van der Waals surface area contributed by atoms with Crippen LogP contribution in [0.15, 0.2) is 191 Å². The number of hydrogen-bond acceptors (Lipinski definition) is 4. The first-order valence-electron chi connectivity index (χ1n) is 18.9. The molecular weight excluding hydrogens is 687 g/mol. The van der Waals surface area contributed by atoms with Crippen LogP contribution in [0.2, 0.25) is 0 Å². The van der Waals surface area contributed by atoms with Gasteiger partial charge in [0.15, 0.2) is 6.17 Å². The van der Waals surface area contributed by atoms with Gasteiger partial charge >= 0.3 is 5.69 Å². The van der Waals surface area contributed by atoms with Crippen LogP contribution < -0.4 is 11.0 Å². The second-order valence-electron chi connectivity index (χ2n) is 14.3. The van der Waals surface area contributed by atoms with E-state index in [1.54, 1.807) is 9.13 Å². The van der Waals surface area contributed by atoms with Crippen LogP contribution in [0.3, 0.4) is 0 Å². The molecule has 0 amide bonds. The fourth-order valence-corrected chi connectivity index (χ4v) is 8.27. The van der Waals surface area contributed by atoms with Crippen LogP contribution in [-0.4, -0.2) is 20.8 Å². The summed E-state index contributed by atoms with van der Waals surface area (Å²) in [6.45, 7) is 0. The van der Waals surface area contributed by atoms with Crippen LogP contribution in [0.5, 0.6) is 0 Å². The number of fused-ring (bicyclic) bond motifs is 3. The van der Waals surface area contributed by atoms with E-state index in [-0.39, 0.29) is 5.69 Å². The van der Waals surface area contributed by atoms with Gasteiger partial charge in [-0.3, -0.25) is 9.13 Å². The zero-order valence-corrected chi connectivity index (χ0v) is 31.0. The van der Waals surface area contributed by atoms with Crippen LogP contribution in [0.4, 0.5) is 0 Å². The average Bonchev–Trinajstić information content (AvgIpc) is 3.48. The predicted molar refractivity (Wildman–Crippen MR) is 231 cm³/mol. The number of aliphatic imine (C=N–C) groups is 2. The average molecular weight is 724 g/mol. The van der Waals surface area contributed by atoms with Crippen molar-refractivity contribution in [3.63, 3.8) is 0 Å². The van der Waals surface area contributed by atoms with E-state index in [0.717, 1.165) is 56.1 Å². The summed E-state index contributed by atoms with van der Waals surface area (Å²) in [5.74, 6) is 1.52. The van der Waals surface area contributed by atoms with Crippen molar-refractivity contribution in [1.82, 2.24) is 14.5 Å². The lowest BCUT2D eigenvalue weighted by atomic mass is 9.84. The van der Waals surface area contributed by atoms with E-state index in [1.807, 2.05) is 38.4 Å². The van der Waals surface area contributed by atoms with E-state index in [9.17, 15) is 4.79 Å². The summed E-state index contributed by atoms with van der Waals surface area (Å²) in [6.07, 6.45) is -0.509. The number of rotatable bonds is 6. The van der Waals surface area contributed by atoms with Crippen molar-refractivity contribution in [2.24, 2.45) is 24.1 Å². The van der Waals surface area contributed by atoms with Crippen molar-refractivity contribution in [3.05, 3.63) is 203 Å². The summed E-state index contributed by atoms with van der Waals surface area (Å²) in [5.41, 5.74) is 11.6. The Labute approximate surface area is 324 Å². The Morgan fingerprint density at radius 2 is 0.911 bits per heavy atom. The van der Waals surface area contributed by atoms with E-state index in [0.29, 0.717) is 0 Å². The molecule has 1 aliphatic rings. The molecule has 1 aromatic heterocycles. The largest absolute Gasteiger partial charge is 0.328 e. The molecule has 2 heterocycles. The second kappa shape index (κ2) is 13.5. The minimum Gasteiger partial charge on any atom is -0.324 e. The Morgan fingerprint density at radius 1 is 0.446 bits per heavy atom. The summed E-state index contributed by atoms with van der Waals surface area (Å²) < 4.78 is 3.37. The smallest absolute Gasteiger partial charge is 0.324 e. The summed E-state index contributed by atoms with van der Waals surface area (Å²) in [6, 6.07) is 61.6. The molecule has 0 fully saturated rings. The molecule has 1 aliphatic heterocycles. The first-order valence-corrected chi connectivity index (χ1v) is 18.9. The van der Waals surface area contributed by atoms with E-state index in [1.165, 1.54) is 38.2 Å². The van der Waals surface area contributed by atoms with Crippen LogP contribution in [0.25, 0.3) is 66.0 Å². The summed E-state index contributed by atoms with van der Waals surface area (Å²) in [4.78, 5) is 23.3.